The number of hydrogen-bond donors (Lipinski definition) is 1. The van der Waals surface area contributed by atoms with Gasteiger partial charge >= 0.3 is 0 Å². The highest BCUT2D eigenvalue weighted by molar-refractivity contribution is 6.31. The molecular weight excluding hydrogens is 360 g/mol. The third-order valence-corrected chi connectivity index (χ3v) is 4.73. The number of aryl methyl sites for hydroxylation is 1. The van der Waals surface area contributed by atoms with Crippen molar-refractivity contribution in [2.75, 3.05) is 5.32 Å². The number of oxazole rings is 1. The molecule has 0 radical (unpaired) electrons. The van der Waals surface area contributed by atoms with E-state index in [4.69, 9.17) is 16.0 Å². The van der Waals surface area contributed by atoms with Crippen molar-refractivity contribution in [2.45, 2.75) is 13.3 Å². The van der Waals surface area contributed by atoms with Gasteiger partial charge in [-0.05, 0) is 48.4 Å². The van der Waals surface area contributed by atoms with Gasteiger partial charge in [-0.25, -0.2) is 4.98 Å². The third kappa shape index (κ3) is 3.86. The van der Waals surface area contributed by atoms with Crippen molar-refractivity contribution < 1.29 is 9.21 Å². The molecule has 0 atom stereocenters. The molecule has 1 aromatic heterocycles. The highest BCUT2D eigenvalue weighted by Gasteiger charge is 2.11. The van der Waals surface area contributed by atoms with Crippen molar-refractivity contribution in [2.24, 2.45) is 0 Å². The first kappa shape index (κ1) is 17.3. The Bertz CT molecular complexity index is 1120. The van der Waals surface area contributed by atoms with Crippen LogP contribution in [0.1, 0.15) is 27.4 Å². The maximum absolute atomic E-state index is 12.4. The first-order valence-electron chi connectivity index (χ1n) is 8.59. The summed E-state index contributed by atoms with van der Waals surface area (Å²) in [6.07, 6.45) is 0.624. The van der Waals surface area contributed by atoms with E-state index in [9.17, 15) is 4.79 Å². The highest BCUT2D eigenvalue weighted by Crippen LogP contribution is 2.23. The van der Waals surface area contributed by atoms with Crippen LogP contribution in [0.5, 0.6) is 0 Å². The quantitative estimate of drug-likeness (QED) is 0.502. The average Bonchev–Trinajstić information content (AvgIpc) is 3.06. The van der Waals surface area contributed by atoms with Gasteiger partial charge < -0.3 is 9.73 Å². The molecule has 0 saturated heterocycles. The van der Waals surface area contributed by atoms with Gasteiger partial charge in [-0.15, -0.1) is 0 Å². The molecular formula is C22H17ClN2O2. The lowest BCUT2D eigenvalue weighted by Gasteiger charge is -2.06. The molecule has 0 fully saturated rings. The predicted octanol–water partition coefficient (Wildman–Crippen LogP) is 5.63. The number of nitrogens with zero attached hydrogens (tertiary/aromatic N) is 1. The Hall–Kier alpha value is -3.11. The van der Waals surface area contributed by atoms with Crippen molar-refractivity contribution in [1.29, 1.82) is 0 Å². The molecule has 134 valence electrons. The van der Waals surface area contributed by atoms with E-state index in [1.807, 2.05) is 49.4 Å². The van der Waals surface area contributed by atoms with Crippen molar-refractivity contribution >= 4 is 34.3 Å². The zero-order chi connectivity index (χ0) is 18.8. The van der Waals surface area contributed by atoms with Crippen LogP contribution in [0.25, 0.3) is 11.1 Å². The van der Waals surface area contributed by atoms with Crippen molar-refractivity contribution in [3.8, 4) is 0 Å². The van der Waals surface area contributed by atoms with Gasteiger partial charge in [0.05, 0.1) is 0 Å². The summed E-state index contributed by atoms with van der Waals surface area (Å²) in [6, 6.07) is 20.7. The van der Waals surface area contributed by atoms with Crippen LogP contribution in [0.3, 0.4) is 0 Å². The zero-order valence-electron chi connectivity index (χ0n) is 14.7. The number of anilines is 1. The first-order chi connectivity index (χ1) is 13.1. The fourth-order valence-electron chi connectivity index (χ4n) is 2.84. The number of benzene rings is 3. The lowest BCUT2D eigenvalue weighted by atomic mass is 10.1. The summed E-state index contributed by atoms with van der Waals surface area (Å²) < 4.78 is 5.80. The molecule has 4 nitrogen and oxygen atoms in total. The lowest BCUT2D eigenvalue weighted by molar-refractivity contribution is 0.102. The molecule has 0 aliphatic rings. The van der Waals surface area contributed by atoms with Crippen molar-refractivity contribution in [3.05, 3.63) is 94.3 Å². The van der Waals surface area contributed by atoms with E-state index in [0.717, 1.165) is 11.1 Å². The summed E-state index contributed by atoms with van der Waals surface area (Å²) >= 11 is 6.11. The Balaban J connectivity index is 1.54. The smallest absolute Gasteiger partial charge is 0.255 e. The molecule has 3 aromatic carbocycles. The Morgan fingerprint density at radius 1 is 1.07 bits per heavy atom. The van der Waals surface area contributed by atoms with Gasteiger partial charge in [-0.1, -0.05) is 48.0 Å². The van der Waals surface area contributed by atoms with E-state index in [2.05, 4.69) is 10.3 Å². The van der Waals surface area contributed by atoms with Crippen LogP contribution < -0.4 is 5.32 Å². The molecule has 0 unspecified atom stereocenters. The summed E-state index contributed by atoms with van der Waals surface area (Å²) in [5, 5.41) is 3.45. The van der Waals surface area contributed by atoms with Crippen LogP contribution in [-0.4, -0.2) is 10.9 Å². The second kappa shape index (κ2) is 7.25. The summed E-state index contributed by atoms with van der Waals surface area (Å²) in [7, 11) is 0. The Morgan fingerprint density at radius 2 is 1.89 bits per heavy atom. The minimum absolute atomic E-state index is 0.218. The standard InChI is InChI=1S/C22H17ClN2O2/c1-14-7-8-16(12-18(14)23)22(26)24-17-9-10-20-19(13-17)25-21(27-20)11-15-5-3-2-4-6-15/h2-10,12-13H,11H2,1H3,(H,24,26). The minimum atomic E-state index is -0.218. The molecule has 1 amide bonds. The van der Waals surface area contributed by atoms with E-state index in [-0.39, 0.29) is 5.91 Å². The van der Waals surface area contributed by atoms with E-state index in [1.165, 1.54) is 0 Å². The molecule has 5 heteroatoms. The fourth-order valence-corrected chi connectivity index (χ4v) is 3.02. The number of aromatic nitrogens is 1. The number of nitrogens with one attached hydrogen (secondary N) is 1. The van der Waals surface area contributed by atoms with Crippen LogP contribution in [-0.2, 0) is 6.42 Å². The Kier molecular flexibility index (Phi) is 4.65. The van der Waals surface area contributed by atoms with E-state index >= 15 is 0 Å². The molecule has 4 rings (SSSR count). The van der Waals surface area contributed by atoms with Crippen LogP contribution >= 0.6 is 11.6 Å². The van der Waals surface area contributed by atoms with Crippen molar-refractivity contribution in [3.63, 3.8) is 0 Å². The van der Waals surface area contributed by atoms with Crippen LogP contribution in [0, 0.1) is 6.92 Å². The maximum Gasteiger partial charge on any atom is 0.255 e. The second-order valence-electron chi connectivity index (χ2n) is 6.37. The van der Waals surface area contributed by atoms with Gasteiger partial charge in [-0.3, -0.25) is 4.79 Å². The monoisotopic (exact) mass is 376 g/mol. The molecule has 1 heterocycles. The van der Waals surface area contributed by atoms with E-state index < -0.39 is 0 Å². The number of carbonyl (C=O) groups excluding carboxylic acids is 1. The molecule has 0 spiro atoms. The number of rotatable bonds is 4. The topological polar surface area (TPSA) is 55.1 Å². The largest absolute Gasteiger partial charge is 0.440 e. The lowest BCUT2D eigenvalue weighted by Crippen LogP contribution is -2.11. The fraction of sp³-hybridized carbons (Fsp3) is 0.0909. The number of fused-ring (bicyclic) bond motifs is 1. The van der Waals surface area contributed by atoms with Gasteiger partial charge in [0, 0.05) is 22.7 Å². The summed E-state index contributed by atoms with van der Waals surface area (Å²) in [5.74, 6) is 0.425. The van der Waals surface area contributed by atoms with Crippen LogP contribution in [0.4, 0.5) is 5.69 Å². The average molecular weight is 377 g/mol. The third-order valence-electron chi connectivity index (χ3n) is 4.32. The molecule has 1 N–H and O–H groups in total. The minimum Gasteiger partial charge on any atom is -0.440 e. The van der Waals surface area contributed by atoms with Crippen molar-refractivity contribution in [1.82, 2.24) is 4.98 Å². The molecule has 0 bridgehead atoms. The number of halogens is 1. The van der Waals surface area contributed by atoms with Gasteiger partial charge in [0.15, 0.2) is 11.5 Å². The maximum atomic E-state index is 12.4. The van der Waals surface area contributed by atoms with Gasteiger partial charge in [-0.2, -0.15) is 0 Å². The normalized spacial score (nSPS) is 10.9. The Morgan fingerprint density at radius 3 is 2.67 bits per heavy atom. The second-order valence-corrected chi connectivity index (χ2v) is 6.78. The number of hydrogen-bond acceptors (Lipinski definition) is 3. The highest BCUT2D eigenvalue weighted by atomic mass is 35.5. The molecule has 0 aliphatic heterocycles. The van der Waals surface area contributed by atoms with E-state index in [0.29, 0.717) is 39.7 Å². The first-order valence-corrected chi connectivity index (χ1v) is 8.97. The van der Waals surface area contributed by atoms with E-state index in [1.54, 1.807) is 24.3 Å². The SMILES string of the molecule is Cc1ccc(C(=O)Nc2ccc3oc(Cc4ccccc4)nc3c2)cc1Cl. The molecule has 0 aliphatic carbocycles. The Labute approximate surface area is 161 Å². The summed E-state index contributed by atoms with van der Waals surface area (Å²) in [4.78, 5) is 17.0. The summed E-state index contributed by atoms with van der Waals surface area (Å²) in [5.41, 5.74) is 4.63. The van der Waals surface area contributed by atoms with Gasteiger partial charge in [0.25, 0.3) is 5.91 Å². The van der Waals surface area contributed by atoms with Crippen LogP contribution in [0.15, 0.2) is 71.1 Å². The predicted molar refractivity (Wildman–Crippen MR) is 107 cm³/mol. The van der Waals surface area contributed by atoms with Gasteiger partial charge in [0.1, 0.15) is 5.52 Å². The molecule has 27 heavy (non-hydrogen) atoms. The number of carbonyl (C=O) groups is 1. The molecule has 0 saturated carbocycles. The van der Waals surface area contributed by atoms with Crippen LogP contribution in [0.2, 0.25) is 5.02 Å². The van der Waals surface area contributed by atoms with Gasteiger partial charge in [0.2, 0.25) is 0 Å². The molecule has 4 aromatic rings. The summed E-state index contributed by atoms with van der Waals surface area (Å²) in [6.45, 7) is 1.90. The number of amides is 1. The zero-order valence-corrected chi connectivity index (χ0v) is 15.5.